The number of hydrogen-bond acceptors (Lipinski definition) is 4. The fourth-order valence-electron chi connectivity index (χ4n) is 4.15. The highest BCUT2D eigenvalue weighted by Gasteiger charge is 2.47. The third-order valence-electron chi connectivity index (χ3n) is 5.98. The molecule has 2 aromatic rings. The number of carbonyl (C=O) groups excluding carboxylic acids is 3. The lowest BCUT2D eigenvalue weighted by Crippen LogP contribution is -2.45. The average Bonchev–Trinajstić information content (AvgIpc) is 3.57. The van der Waals surface area contributed by atoms with E-state index < -0.39 is 6.04 Å². The van der Waals surface area contributed by atoms with Gasteiger partial charge in [0.1, 0.15) is 11.9 Å². The normalized spacial score (nSPS) is 18.4. The summed E-state index contributed by atoms with van der Waals surface area (Å²) in [5, 5.41) is 5.52. The molecule has 168 valence electrons. The number of rotatable bonds is 8. The van der Waals surface area contributed by atoms with Gasteiger partial charge in [0.2, 0.25) is 11.8 Å². The first kappa shape index (κ1) is 22.0. The zero-order chi connectivity index (χ0) is 22.8. The highest BCUT2D eigenvalue weighted by molar-refractivity contribution is 6.05. The molecule has 0 bridgehead atoms. The van der Waals surface area contributed by atoms with E-state index in [1.54, 1.807) is 35.2 Å². The molecule has 3 amide bonds. The molecule has 0 radical (unpaired) electrons. The first-order valence-electron chi connectivity index (χ1n) is 10.7. The van der Waals surface area contributed by atoms with E-state index in [-0.39, 0.29) is 42.2 Å². The van der Waals surface area contributed by atoms with E-state index in [4.69, 9.17) is 0 Å². The standard InChI is InChI=1S/C24H27FN4O3/c1-28(2)20(15-7-9-16(25)10-8-15)13-26-21(30)14-27-23(31)22-18-5-3-4-6-19(18)24(32)29(22)17-11-12-17/h3-10,17,20,22H,11-14H2,1-2H3,(H,26,30)(H,27,31). The number of nitrogens with one attached hydrogen (secondary N) is 2. The zero-order valence-electron chi connectivity index (χ0n) is 18.2. The number of carbonyl (C=O) groups is 3. The minimum absolute atomic E-state index is 0.0797. The Kier molecular flexibility index (Phi) is 6.23. The van der Waals surface area contributed by atoms with Gasteiger partial charge in [-0.05, 0) is 56.3 Å². The molecular weight excluding hydrogens is 411 g/mol. The number of halogens is 1. The molecule has 2 unspecified atom stereocenters. The summed E-state index contributed by atoms with van der Waals surface area (Å²) in [6.45, 7) is 0.125. The Balaban J connectivity index is 1.36. The highest BCUT2D eigenvalue weighted by atomic mass is 19.1. The van der Waals surface area contributed by atoms with Gasteiger partial charge in [-0.2, -0.15) is 0 Å². The number of nitrogens with zero attached hydrogens (tertiary/aromatic N) is 2. The Morgan fingerprint density at radius 2 is 1.78 bits per heavy atom. The summed E-state index contributed by atoms with van der Waals surface area (Å²) in [5.74, 6) is -1.12. The summed E-state index contributed by atoms with van der Waals surface area (Å²) < 4.78 is 13.2. The van der Waals surface area contributed by atoms with E-state index in [1.165, 1.54) is 12.1 Å². The molecule has 1 aliphatic heterocycles. The van der Waals surface area contributed by atoms with Crippen LogP contribution >= 0.6 is 0 Å². The first-order valence-corrected chi connectivity index (χ1v) is 10.7. The van der Waals surface area contributed by atoms with Crippen molar-refractivity contribution in [3.8, 4) is 0 Å². The van der Waals surface area contributed by atoms with Gasteiger partial charge in [0.15, 0.2) is 0 Å². The Labute approximate surface area is 186 Å². The van der Waals surface area contributed by atoms with Crippen LogP contribution in [0.25, 0.3) is 0 Å². The molecule has 2 N–H and O–H groups in total. The van der Waals surface area contributed by atoms with Crippen LogP contribution in [0, 0.1) is 5.82 Å². The van der Waals surface area contributed by atoms with Crippen molar-refractivity contribution in [2.75, 3.05) is 27.2 Å². The Hall–Kier alpha value is -3.26. The molecule has 7 nitrogen and oxygen atoms in total. The van der Waals surface area contributed by atoms with E-state index in [0.29, 0.717) is 17.7 Å². The molecular formula is C24H27FN4O3. The van der Waals surface area contributed by atoms with Crippen molar-refractivity contribution >= 4 is 17.7 Å². The van der Waals surface area contributed by atoms with Gasteiger partial charge in [-0.15, -0.1) is 0 Å². The molecule has 1 saturated carbocycles. The van der Waals surface area contributed by atoms with Crippen LogP contribution < -0.4 is 10.6 Å². The molecule has 0 saturated heterocycles. The topological polar surface area (TPSA) is 81.8 Å². The van der Waals surface area contributed by atoms with Crippen molar-refractivity contribution in [1.29, 1.82) is 0 Å². The molecule has 1 fully saturated rings. The van der Waals surface area contributed by atoms with Gasteiger partial charge in [-0.25, -0.2) is 4.39 Å². The van der Waals surface area contributed by atoms with E-state index in [0.717, 1.165) is 18.4 Å². The number of benzene rings is 2. The number of amides is 3. The third kappa shape index (κ3) is 4.50. The third-order valence-corrected chi connectivity index (χ3v) is 5.98. The van der Waals surface area contributed by atoms with E-state index in [1.807, 2.05) is 25.1 Å². The first-order chi connectivity index (χ1) is 15.4. The number of hydrogen-bond donors (Lipinski definition) is 2. The van der Waals surface area contributed by atoms with Crippen molar-refractivity contribution in [3.05, 3.63) is 71.0 Å². The van der Waals surface area contributed by atoms with Gasteiger partial charge in [-0.3, -0.25) is 14.4 Å². The predicted molar refractivity (Wildman–Crippen MR) is 117 cm³/mol. The molecule has 8 heteroatoms. The maximum Gasteiger partial charge on any atom is 0.255 e. The van der Waals surface area contributed by atoms with Crippen LogP contribution in [0.2, 0.25) is 0 Å². The monoisotopic (exact) mass is 438 g/mol. The van der Waals surface area contributed by atoms with Crippen LogP contribution in [-0.2, 0) is 9.59 Å². The Bertz CT molecular complexity index is 1020. The largest absolute Gasteiger partial charge is 0.353 e. The van der Waals surface area contributed by atoms with Crippen molar-refractivity contribution in [3.63, 3.8) is 0 Å². The van der Waals surface area contributed by atoms with Crippen LogP contribution in [0.15, 0.2) is 48.5 Å². The Morgan fingerprint density at radius 1 is 1.09 bits per heavy atom. The summed E-state index contributed by atoms with van der Waals surface area (Å²) in [5.41, 5.74) is 2.12. The highest BCUT2D eigenvalue weighted by Crippen LogP contribution is 2.41. The summed E-state index contributed by atoms with van der Waals surface area (Å²) in [6.07, 6.45) is 1.78. The average molecular weight is 439 g/mol. The quantitative estimate of drug-likeness (QED) is 0.661. The molecule has 2 atom stereocenters. The molecule has 0 aromatic heterocycles. The van der Waals surface area contributed by atoms with Crippen LogP contribution in [0.3, 0.4) is 0 Å². The lowest BCUT2D eigenvalue weighted by atomic mass is 10.0. The molecule has 32 heavy (non-hydrogen) atoms. The predicted octanol–water partition coefficient (Wildman–Crippen LogP) is 2.02. The van der Waals surface area contributed by atoms with Crippen molar-refractivity contribution in [2.45, 2.75) is 31.0 Å². The van der Waals surface area contributed by atoms with E-state index in [9.17, 15) is 18.8 Å². The zero-order valence-corrected chi connectivity index (χ0v) is 18.2. The summed E-state index contributed by atoms with van der Waals surface area (Å²) >= 11 is 0. The second-order valence-electron chi connectivity index (χ2n) is 8.49. The van der Waals surface area contributed by atoms with Crippen LogP contribution in [0.4, 0.5) is 4.39 Å². The summed E-state index contributed by atoms with van der Waals surface area (Å²) in [6, 6.07) is 12.5. The number of fused-ring (bicyclic) bond motifs is 1. The fraction of sp³-hybridized carbons (Fsp3) is 0.375. The molecule has 1 aliphatic carbocycles. The van der Waals surface area contributed by atoms with E-state index >= 15 is 0 Å². The van der Waals surface area contributed by atoms with Crippen molar-refractivity contribution < 1.29 is 18.8 Å². The lowest BCUT2D eigenvalue weighted by molar-refractivity contribution is -0.129. The summed E-state index contributed by atoms with van der Waals surface area (Å²) in [7, 11) is 3.76. The van der Waals surface area contributed by atoms with Crippen molar-refractivity contribution in [1.82, 2.24) is 20.4 Å². The molecule has 1 heterocycles. The van der Waals surface area contributed by atoms with Crippen LogP contribution in [-0.4, -0.2) is 60.7 Å². The molecule has 0 spiro atoms. The van der Waals surface area contributed by atoms with Gasteiger partial charge in [0.05, 0.1) is 12.6 Å². The lowest BCUT2D eigenvalue weighted by Gasteiger charge is -2.26. The smallest absolute Gasteiger partial charge is 0.255 e. The fourth-order valence-corrected chi connectivity index (χ4v) is 4.15. The van der Waals surface area contributed by atoms with Gasteiger partial charge in [-0.1, -0.05) is 30.3 Å². The molecule has 4 rings (SSSR count). The van der Waals surface area contributed by atoms with Crippen LogP contribution in [0.1, 0.15) is 46.4 Å². The maximum absolute atomic E-state index is 13.2. The van der Waals surface area contributed by atoms with Crippen LogP contribution in [0.5, 0.6) is 0 Å². The van der Waals surface area contributed by atoms with Gasteiger partial charge in [0, 0.05) is 18.2 Å². The second-order valence-corrected chi connectivity index (χ2v) is 8.49. The Morgan fingerprint density at radius 3 is 2.44 bits per heavy atom. The maximum atomic E-state index is 13.2. The molecule has 2 aromatic carbocycles. The number of likely N-dealkylation sites (N-methyl/N-ethyl adjacent to an activating group) is 1. The van der Waals surface area contributed by atoms with E-state index in [2.05, 4.69) is 10.6 Å². The van der Waals surface area contributed by atoms with Crippen molar-refractivity contribution in [2.24, 2.45) is 0 Å². The minimum Gasteiger partial charge on any atom is -0.353 e. The second kappa shape index (κ2) is 9.08. The van der Waals surface area contributed by atoms with Gasteiger partial charge in [0.25, 0.3) is 5.91 Å². The molecule has 2 aliphatic rings. The van der Waals surface area contributed by atoms with Gasteiger partial charge < -0.3 is 20.4 Å². The SMILES string of the molecule is CN(C)C(CNC(=O)CNC(=O)C1c2ccccc2C(=O)N1C1CC1)c1ccc(F)cc1. The van der Waals surface area contributed by atoms with Gasteiger partial charge >= 0.3 is 0 Å². The summed E-state index contributed by atoms with van der Waals surface area (Å²) in [4.78, 5) is 41.7. The minimum atomic E-state index is -0.701.